The van der Waals surface area contributed by atoms with Gasteiger partial charge in [0.05, 0.1) is 23.9 Å². The third-order valence-corrected chi connectivity index (χ3v) is 5.12. The summed E-state index contributed by atoms with van der Waals surface area (Å²) in [6, 6.07) is 7.63. The van der Waals surface area contributed by atoms with E-state index < -0.39 is 24.0 Å². The highest BCUT2D eigenvalue weighted by molar-refractivity contribution is 6.01. The van der Waals surface area contributed by atoms with Crippen LogP contribution in [0.5, 0.6) is 0 Å². The van der Waals surface area contributed by atoms with Gasteiger partial charge in [-0.1, -0.05) is 30.3 Å². The number of nitrogens with one attached hydrogen (secondary N) is 3. The van der Waals surface area contributed by atoms with Crippen molar-refractivity contribution in [1.82, 2.24) is 15.6 Å². The van der Waals surface area contributed by atoms with Crippen LogP contribution in [0.25, 0.3) is 0 Å². The Morgan fingerprint density at radius 2 is 1.72 bits per heavy atom. The number of hydrogen-bond donors (Lipinski definition) is 3. The number of ether oxygens (including phenoxy) is 2. The van der Waals surface area contributed by atoms with Crippen LogP contribution in [0.2, 0.25) is 0 Å². The number of aromatic amines is 1. The number of H-pyrrole nitrogens is 1. The number of Topliss-reactive ketones (excluding diaryl/α,β-unsaturated/α-hetero) is 1. The molecule has 1 aromatic carbocycles. The Bertz CT molecular complexity index is 1100. The van der Waals surface area contributed by atoms with Crippen molar-refractivity contribution >= 4 is 23.8 Å². The summed E-state index contributed by atoms with van der Waals surface area (Å²) in [4.78, 5) is 52.4. The van der Waals surface area contributed by atoms with Crippen molar-refractivity contribution in [3.8, 4) is 0 Å². The number of carbonyl (C=O) groups excluding carboxylic acids is 4. The van der Waals surface area contributed by atoms with E-state index in [9.17, 15) is 19.2 Å². The van der Waals surface area contributed by atoms with Gasteiger partial charge in [0.15, 0.2) is 5.78 Å². The van der Waals surface area contributed by atoms with Crippen molar-refractivity contribution in [1.29, 1.82) is 0 Å². The van der Waals surface area contributed by atoms with E-state index in [1.807, 2.05) is 6.07 Å². The van der Waals surface area contributed by atoms with Crippen molar-refractivity contribution in [2.75, 3.05) is 13.2 Å². The van der Waals surface area contributed by atoms with E-state index in [0.29, 0.717) is 22.4 Å². The maximum absolute atomic E-state index is 12.7. The number of hydrogen-bond acceptors (Lipinski definition) is 6. The lowest BCUT2D eigenvalue weighted by Gasteiger charge is -2.29. The van der Waals surface area contributed by atoms with Gasteiger partial charge in [-0.3, -0.25) is 4.79 Å². The number of esters is 2. The molecule has 3 rings (SSSR count). The molecule has 0 spiro atoms. The number of rotatable bonds is 7. The zero-order valence-electron chi connectivity index (χ0n) is 18.3. The van der Waals surface area contributed by atoms with Crippen molar-refractivity contribution < 1.29 is 28.7 Å². The van der Waals surface area contributed by atoms with E-state index in [-0.39, 0.29) is 36.0 Å². The van der Waals surface area contributed by atoms with Crippen molar-refractivity contribution in [2.45, 2.75) is 33.7 Å². The van der Waals surface area contributed by atoms with E-state index in [1.165, 1.54) is 6.92 Å². The Labute approximate surface area is 185 Å². The van der Waals surface area contributed by atoms with Gasteiger partial charge >= 0.3 is 18.0 Å². The number of benzene rings is 1. The van der Waals surface area contributed by atoms with Gasteiger partial charge in [-0.2, -0.15) is 0 Å². The van der Waals surface area contributed by atoms with Crippen LogP contribution in [0.3, 0.4) is 0 Å². The lowest BCUT2D eigenvalue weighted by atomic mass is 9.95. The molecule has 9 heteroatoms. The second-order valence-corrected chi connectivity index (χ2v) is 7.31. The van der Waals surface area contributed by atoms with Crippen LogP contribution < -0.4 is 10.6 Å². The predicted molar refractivity (Wildman–Crippen MR) is 115 cm³/mol. The Morgan fingerprint density at radius 3 is 2.31 bits per heavy atom. The summed E-state index contributed by atoms with van der Waals surface area (Å²) in [7, 11) is 0. The molecule has 1 aliphatic heterocycles. The molecule has 0 aliphatic carbocycles. The average Bonchev–Trinajstić information content (AvgIpc) is 3.06. The van der Waals surface area contributed by atoms with E-state index in [2.05, 4.69) is 15.6 Å². The minimum Gasteiger partial charge on any atom is -0.463 e. The lowest BCUT2D eigenvalue weighted by Crippen LogP contribution is -2.47. The summed E-state index contributed by atoms with van der Waals surface area (Å²) < 4.78 is 10.6. The Kier molecular flexibility index (Phi) is 6.77. The second kappa shape index (κ2) is 9.51. The summed E-state index contributed by atoms with van der Waals surface area (Å²) in [5.41, 5.74) is 2.57. The first-order chi connectivity index (χ1) is 15.2. The van der Waals surface area contributed by atoms with Crippen LogP contribution in [0.15, 0.2) is 41.6 Å². The zero-order chi connectivity index (χ0) is 23.4. The molecule has 9 nitrogen and oxygen atoms in total. The van der Waals surface area contributed by atoms with Gasteiger partial charge < -0.3 is 25.1 Å². The summed E-state index contributed by atoms with van der Waals surface area (Å²) >= 11 is 0. The number of urea groups is 1. The quantitative estimate of drug-likeness (QED) is 0.450. The molecule has 0 saturated heterocycles. The molecule has 1 aromatic heterocycles. The first-order valence-corrected chi connectivity index (χ1v) is 10.1. The number of amides is 2. The van der Waals surface area contributed by atoms with Gasteiger partial charge in [-0.25, -0.2) is 14.4 Å². The highest BCUT2D eigenvalue weighted by atomic mass is 16.5. The lowest BCUT2D eigenvalue weighted by molar-refractivity contribution is -0.139. The highest BCUT2D eigenvalue weighted by Crippen LogP contribution is 2.28. The third kappa shape index (κ3) is 4.56. The zero-order valence-corrected chi connectivity index (χ0v) is 18.3. The van der Waals surface area contributed by atoms with Crippen LogP contribution in [0, 0.1) is 13.8 Å². The molecule has 1 aliphatic rings. The number of aryl methyl sites for hydroxylation is 1. The van der Waals surface area contributed by atoms with E-state index in [4.69, 9.17) is 9.47 Å². The van der Waals surface area contributed by atoms with Gasteiger partial charge in [0, 0.05) is 11.3 Å². The normalized spacial score (nSPS) is 15.6. The Balaban J connectivity index is 1.93. The molecule has 0 saturated carbocycles. The van der Waals surface area contributed by atoms with Crippen LogP contribution >= 0.6 is 0 Å². The molecule has 168 valence electrons. The molecule has 0 fully saturated rings. The van der Waals surface area contributed by atoms with Crippen LogP contribution in [-0.4, -0.2) is 42.0 Å². The monoisotopic (exact) mass is 439 g/mol. The van der Waals surface area contributed by atoms with Crippen LogP contribution in [0.4, 0.5) is 4.79 Å². The molecule has 0 unspecified atom stereocenters. The minimum absolute atomic E-state index is 0.127. The Morgan fingerprint density at radius 1 is 1.03 bits per heavy atom. The van der Waals surface area contributed by atoms with E-state index in [1.54, 1.807) is 45.0 Å². The molecule has 0 bridgehead atoms. The molecular weight excluding hydrogens is 414 g/mol. The fourth-order valence-electron chi connectivity index (χ4n) is 3.77. The summed E-state index contributed by atoms with van der Waals surface area (Å²) in [6.07, 6.45) is 0. The SMILES string of the molecule is CCOC(=O)C1=C(COC(=O)c2[nH]c(C)c(C(C)=O)c2C)NC(=O)N[C@@H]1c1ccccc1. The van der Waals surface area contributed by atoms with Crippen molar-refractivity contribution in [3.63, 3.8) is 0 Å². The summed E-state index contributed by atoms with van der Waals surface area (Å²) in [6.45, 7) is 6.21. The fraction of sp³-hybridized carbons (Fsp3) is 0.304. The minimum atomic E-state index is -0.767. The molecule has 32 heavy (non-hydrogen) atoms. The highest BCUT2D eigenvalue weighted by Gasteiger charge is 2.34. The van der Waals surface area contributed by atoms with E-state index in [0.717, 1.165) is 0 Å². The molecule has 0 radical (unpaired) electrons. The molecule has 2 amide bonds. The van der Waals surface area contributed by atoms with Gasteiger partial charge in [-0.15, -0.1) is 0 Å². The second-order valence-electron chi connectivity index (χ2n) is 7.31. The van der Waals surface area contributed by atoms with Gasteiger partial charge in [0.2, 0.25) is 0 Å². The standard InChI is InChI=1S/C23H25N3O6/c1-5-31-21(28)18-16(25-23(30)26-20(18)15-9-7-6-8-10-15)11-32-22(29)19-12(2)17(14(4)27)13(3)24-19/h6-10,20,24H,5,11H2,1-4H3,(H2,25,26,30)/t20-/m1/s1. The number of carbonyl (C=O) groups is 4. The number of aromatic nitrogens is 1. The average molecular weight is 439 g/mol. The van der Waals surface area contributed by atoms with Crippen LogP contribution in [0.1, 0.15) is 57.6 Å². The maximum Gasteiger partial charge on any atom is 0.355 e. The molecule has 2 heterocycles. The maximum atomic E-state index is 12.7. The summed E-state index contributed by atoms with van der Waals surface area (Å²) in [5, 5.41) is 5.26. The molecular formula is C23H25N3O6. The van der Waals surface area contributed by atoms with Crippen molar-refractivity contribution in [3.05, 3.63) is 69.7 Å². The fourth-order valence-corrected chi connectivity index (χ4v) is 3.77. The smallest absolute Gasteiger partial charge is 0.355 e. The predicted octanol–water partition coefficient (Wildman–Crippen LogP) is 2.86. The van der Waals surface area contributed by atoms with Crippen molar-refractivity contribution in [2.24, 2.45) is 0 Å². The first-order valence-electron chi connectivity index (χ1n) is 10.1. The Hall–Kier alpha value is -3.88. The molecule has 1 atom stereocenters. The molecule has 2 aromatic rings. The van der Waals surface area contributed by atoms with Crippen LogP contribution in [-0.2, 0) is 14.3 Å². The number of ketones is 1. The largest absolute Gasteiger partial charge is 0.463 e. The molecule has 3 N–H and O–H groups in total. The first kappa shape index (κ1) is 22.8. The summed E-state index contributed by atoms with van der Waals surface area (Å²) in [5.74, 6) is -1.51. The van der Waals surface area contributed by atoms with E-state index >= 15 is 0 Å². The van der Waals surface area contributed by atoms with Gasteiger partial charge in [0.25, 0.3) is 0 Å². The third-order valence-electron chi connectivity index (χ3n) is 5.12. The van der Waals surface area contributed by atoms with Gasteiger partial charge in [-0.05, 0) is 38.8 Å². The van der Waals surface area contributed by atoms with Gasteiger partial charge in [0.1, 0.15) is 12.3 Å². The topological polar surface area (TPSA) is 127 Å².